The summed E-state index contributed by atoms with van der Waals surface area (Å²) in [4.78, 5) is 14.7. The Morgan fingerprint density at radius 1 is 0.426 bits per heavy atom. The second-order valence-electron chi connectivity index (χ2n) is 11.3. The van der Waals surface area contributed by atoms with Crippen molar-refractivity contribution in [3.8, 4) is 56.4 Å². The molecule has 0 aliphatic heterocycles. The Balaban J connectivity index is 1.29. The minimum Gasteiger partial charge on any atom is -0.208 e. The van der Waals surface area contributed by atoms with Crippen LogP contribution in [0.15, 0.2) is 164 Å². The van der Waals surface area contributed by atoms with Crippen LogP contribution in [0.4, 0.5) is 0 Å². The van der Waals surface area contributed by atoms with Crippen molar-refractivity contribution in [2.24, 2.45) is 0 Å². The molecule has 220 valence electrons. The molecule has 0 aliphatic rings. The molecule has 0 saturated heterocycles. The van der Waals surface area contributed by atoms with Crippen LogP contribution in [0.1, 0.15) is 6.85 Å². The number of nitrogens with zero attached hydrogens (tertiary/aromatic N) is 3. The van der Waals surface area contributed by atoms with Crippen LogP contribution in [0.2, 0.25) is 0 Å². The molecule has 0 saturated carbocycles. The molecule has 0 aliphatic carbocycles. The molecule has 2 aromatic heterocycles. The Kier molecular flexibility index (Phi) is 5.48. The molecule has 0 spiro atoms. The van der Waals surface area contributed by atoms with E-state index in [1.54, 1.807) is 0 Å². The summed E-state index contributed by atoms with van der Waals surface area (Å²) in [6, 6.07) is 42.8. The van der Waals surface area contributed by atoms with Crippen LogP contribution in [-0.4, -0.2) is 15.0 Å². The summed E-state index contributed by atoms with van der Waals surface area (Å²) in [5.41, 5.74) is 5.22. The molecule has 9 aromatic rings. The molecule has 0 unspecified atom stereocenters. The first-order valence-electron chi connectivity index (χ1n) is 17.8. The van der Waals surface area contributed by atoms with Gasteiger partial charge in [0.2, 0.25) is 0 Å². The van der Waals surface area contributed by atoms with Gasteiger partial charge in [-0.3, -0.25) is 0 Å². The predicted octanol–water partition coefficient (Wildman–Crippen LogP) is 11.7. The maximum Gasteiger partial charge on any atom is 0.164 e. The zero-order valence-corrected chi connectivity index (χ0v) is 25.8. The van der Waals surface area contributed by atoms with Crippen molar-refractivity contribution in [2.45, 2.75) is 0 Å². The summed E-state index contributed by atoms with van der Waals surface area (Å²) in [5, 5.41) is 4.13. The third-order valence-electron chi connectivity index (χ3n) is 8.38. The number of aromatic nitrogens is 3. The fraction of sp³-hybridized carbons (Fsp3) is 0. The summed E-state index contributed by atoms with van der Waals surface area (Å²) in [6.45, 7) is 0. The lowest BCUT2D eigenvalue weighted by Gasteiger charge is -2.10. The average molecular weight is 623 g/mol. The fourth-order valence-electron chi connectivity index (χ4n) is 6.06. The van der Waals surface area contributed by atoms with Gasteiger partial charge < -0.3 is 0 Å². The minimum atomic E-state index is -0.413. The van der Waals surface area contributed by atoms with Crippen LogP contribution >= 0.6 is 11.3 Å². The number of rotatable bonds is 5. The molecule has 0 bridgehead atoms. The molecule has 0 N–H and O–H groups in total. The molecule has 4 heteroatoms. The van der Waals surface area contributed by atoms with Crippen molar-refractivity contribution in [3.05, 3.63) is 164 Å². The summed E-state index contributed by atoms with van der Waals surface area (Å²) in [7, 11) is 0. The quantitative estimate of drug-likeness (QED) is 0.192. The van der Waals surface area contributed by atoms with Gasteiger partial charge in [-0.1, -0.05) is 139 Å². The first-order valence-corrected chi connectivity index (χ1v) is 16.1. The predicted molar refractivity (Wildman–Crippen MR) is 197 cm³/mol. The van der Waals surface area contributed by atoms with Crippen molar-refractivity contribution in [1.29, 1.82) is 0 Å². The molecule has 47 heavy (non-hydrogen) atoms. The maximum atomic E-state index is 8.90. The zero-order valence-electron chi connectivity index (χ0n) is 30.0. The van der Waals surface area contributed by atoms with Crippen LogP contribution in [0.3, 0.4) is 0 Å². The highest BCUT2D eigenvalue weighted by molar-refractivity contribution is 7.26. The summed E-state index contributed by atoms with van der Waals surface area (Å²) < 4.78 is 44.8. The van der Waals surface area contributed by atoms with Crippen LogP contribution in [0.25, 0.3) is 87.4 Å². The monoisotopic (exact) mass is 622 g/mol. The second-order valence-corrected chi connectivity index (χ2v) is 12.4. The third-order valence-corrected chi connectivity index (χ3v) is 9.58. The van der Waals surface area contributed by atoms with Gasteiger partial charge in [0, 0.05) is 42.4 Å². The zero-order chi connectivity index (χ0) is 35.5. The second kappa shape index (κ2) is 11.4. The Labute approximate surface area is 283 Å². The highest BCUT2D eigenvalue weighted by atomic mass is 32.1. The summed E-state index contributed by atoms with van der Waals surface area (Å²) in [5.74, 6) is 1.68. The Bertz CT molecular complexity index is 2770. The van der Waals surface area contributed by atoms with E-state index in [2.05, 4.69) is 48.5 Å². The van der Waals surface area contributed by atoms with Gasteiger partial charge in [0.15, 0.2) is 17.5 Å². The first-order chi connectivity index (χ1) is 25.3. The SMILES string of the molecule is [2H]c1c([2H])c([2H])c(-c2cc(-c3ccc4ccccc4c3)cc3c2sc2cc(-c4nc(-c5ccccc5)nc(-c5ccccc5)n4)ccc23)c([2H])c1[2H]. The van der Waals surface area contributed by atoms with Crippen LogP contribution < -0.4 is 0 Å². The molecule has 9 rings (SSSR count). The highest BCUT2D eigenvalue weighted by Crippen LogP contribution is 2.44. The lowest BCUT2D eigenvalue weighted by Crippen LogP contribution is -1.99. The molecule has 0 fully saturated rings. The fourth-order valence-corrected chi connectivity index (χ4v) is 7.30. The van der Waals surface area contributed by atoms with Gasteiger partial charge >= 0.3 is 0 Å². The van der Waals surface area contributed by atoms with Crippen molar-refractivity contribution in [3.63, 3.8) is 0 Å². The third kappa shape index (κ3) is 5.05. The highest BCUT2D eigenvalue weighted by Gasteiger charge is 2.17. The van der Waals surface area contributed by atoms with E-state index in [4.69, 9.17) is 21.8 Å². The molecular formula is C43H27N3S. The Hall–Kier alpha value is -5.97. The molecule has 0 radical (unpaired) electrons. The number of hydrogen-bond acceptors (Lipinski definition) is 4. The Morgan fingerprint density at radius 3 is 1.74 bits per heavy atom. The number of benzene rings is 7. The molecule has 2 heterocycles. The van der Waals surface area contributed by atoms with Gasteiger partial charge in [0.1, 0.15) is 0 Å². The van der Waals surface area contributed by atoms with E-state index in [-0.39, 0.29) is 29.7 Å². The van der Waals surface area contributed by atoms with Gasteiger partial charge in [-0.2, -0.15) is 0 Å². The number of hydrogen-bond donors (Lipinski definition) is 0. The van der Waals surface area contributed by atoms with E-state index in [1.165, 1.54) is 11.3 Å². The van der Waals surface area contributed by atoms with E-state index in [9.17, 15) is 0 Å². The van der Waals surface area contributed by atoms with Gasteiger partial charge in [0.25, 0.3) is 0 Å². The largest absolute Gasteiger partial charge is 0.208 e. The smallest absolute Gasteiger partial charge is 0.164 e. The minimum absolute atomic E-state index is 0.183. The molecule has 0 atom stereocenters. The van der Waals surface area contributed by atoms with Gasteiger partial charge in [-0.25, -0.2) is 15.0 Å². The molecular weight excluding hydrogens is 591 g/mol. The van der Waals surface area contributed by atoms with E-state index in [0.717, 1.165) is 58.8 Å². The lowest BCUT2D eigenvalue weighted by atomic mass is 9.94. The maximum absolute atomic E-state index is 8.90. The summed E-state index contributed by atoms with van der Waals surface area (Å²) in [6.07, 6.45) is 0. The average Bonchev–Trinajstić information content (AvgIpc) is 3.57. The van der Waals surface area contributed by atoms with Crippen LogP contribution in [-0.2, 0) is 0 Å². The van der Waals surface area contributed by atoms with Crippen molar-refractivity contribution < 1.29 is 6.85 Å². The normalized spacial score (nSPS) is 12.9. The first kappa shape index (κ1) is 22.5. The van der Waals surface area contributed by atoms with E-state index < -0.39 is 6.04 Å². The standard InChI is InChI=1S/C43H27N3S/c1-4-13-29(14-5-1)37-25-35(33-21-20-28-12-10-11-19-32(28)24-33)26-38-36-23-22-34(27-39(36)47-40(37)38)43-45-41(30-15-6-2-7-16-30)44-42(46-43)31-17-8-3-9-18-31/h1-27H/i1D,4D,5D,13D,14D. The Morgan fingerprint density at radius 2 is 1.04 bits per heavy atom. The number of thiophene rings is 1. The van der Waals surface area contributed by atoms with Crippen molar-refractivity contribution in [2.75, 3.05) is 0 Å². The van der Waals surface area contributed by atoms with Gasteiger partial charge in [-0.15, -0.1) is 11.3 Å². The number of fused-ring (bicyclic) bond motifs is 4. The van der Waals surface area contributed by atoms with E-state index in [0.29, 0.717) is 23.0 Å². The van der Waals surface area contributed by atoms with Crippen molar-refractivity contribution >= 4 is 42.3 Å². The van der Waals surface area contributed by atoms with Gasteiger partial charge in [0.05, 0.1) is 6.85 Å². The lowest BCUT2D eigenvalue weighted by molar-refractivity contribution is 1.07. The van der Waals surface area contributed by atoms with Crippen LogP contribution in [0.5, 0.6) is 0 Å². The van der Waals surface area contributed by atoms with Gasteiger partial charge in [-0.05, 0) is 51.7 Å². The molecule has 7 aromatic carbocycles. The molecule has 0 amide bonds. The van der Waals surface area contributed by atoms with E-state index in [1.807, 2.05) is 84.9 Å². The summed E-state index contributed by atoms with van der Waals surface area (Å²) >= 11 is 1.53. The molecule has 3 nitrogen and oxygen atoms in total. The van der Waals surface area contributed by atoms with Crippen LogP contribution in [0, 0.1) is 0 Å². The topological polar surface area (TPSA) is 38.7 Å². The van der Waals surface area contributed by atoms with E-state index >= 15 is 0 Å². The van der Waals surface area contributed by atoms with Crippen molar-refractivity contribution in [1.82, 2.24) is 15.0 Å².